The van der Waals surface area contributed by atoms with Crippen molar-refractivity contribution < 1.29 is 17.9 Å². The Kier molecular flexibility index (Phi) is 5.79. The normalized spacial score (nSPS) is 11.0. The molecule has 0 heterocycles. The highest BCUT2D eigenvalue weighted by atomic mass is 79.9. The summed E-state index contributed by atoms with van der Waals surface area (Å²) in [6, 6.07) is 13.2. The van der Waals surface area contributed by atoms with E-state index in [0.717, 1.165) is 5.56 Å². The standard InChI is InChI=1S/C16H16BrNO4S/c1-2-22-16(19)11-12-7-9-13(10-8-12)18-23(20,21)15-6-4-3-5-14(15)17/h3-10,18H,2,11H2,1H3. The lowest BCUT2D eigenvalue weighted by molar-refractivity contribution is -0.142. The van der Waals surface area contributed by atoms with Crippen molar-refractivity contribution in [3.63, 3.8) is 0 Å². The Hall–Kier alpha value is -1.86. The van der Waals surface area contributed by atoms with Crippen molar-refractivity contribution in [3.05, 3.63) is 58.6 Å². The monoisotopic (exact) mass is 397 g/mol. The number of esters is 1. The summed E-state index contributed by atoms with van der Waals surface area (Å²) in [5.74, 6) is -0.311. The maximum Gasteiger partial charge on any atom is 0.310 e. The summed E-state index contributed by atoms with van der Waals surface area (Å²) >= 11 is 3.23. The zero-order valence-electron chi connectivity index (χ0n) is 12.5. The zero-order chi connectivity index (χ0) is 16.9. The predicted octanol–water partition coefficient (Wildman–Crippen LogP) is 3.36. The third kappa shape index (κ3) is 4.80. The van der Waals surface area contributed by atoms with E-state index < -0.39 is 10.0 Å². The molecule has 0 atom stereocenters. The molecule has 0 unspecified atom stereocenters. The molecule has 7 heteroatoms. The van der Waals surface area contributed by atoms with Crippen LogP contribution in [0.3, 0.4) is 0 Å². The van der Waals surface area contributed by atoms with Crippen molar-refractivity contribution in [2.24, 2.45) is 0 Å². The van der Waals surface area contributed by atoms with Gasteiger partial charge in [0.15, 0.2) is 0 Å². The Morgan fingerprint density at radius 3 is 2.39 bits per heavy atom. The Labute approximate surface area is 143 Å². The highest BCUT2D eigenvalue weighted by Gasteiger charge is 2.17. The lowest BCUT2D eigenvalue weighted by Gasteiger charge is -2.10. The van der Waals surface area contributed by atoms with Crippen molar-refractivity contribution in [2.75, 3.05) is 11.3 Å². The van der Waals surface area contributed by atoms with Gasteiger partial charge in [-0.2, -0.15) is 0 Å². The average molecular weight is 398 g/mol. The van der Waals surface area contributed by atoms with Gasteiger partial charge in [0.2, 0.25) is 0 Å². The molecule has 0 fully saturated rings. The van der Waals surface area contributed by atoms with Crippen LogP contribution in [-0.4, -0.2) is 21.0 Å². The van der Waals surface area contributed by atoms with Gasteiger partial charge in [0.25, 0.3) is 10.0 Å². The number of hydrogen-bond acceptors (Lipinski definition) is 4. The lowest BCUT2D eigenvalue weighted by Crippen LogP contribution is -2.13. The number of halogens is 1. The average Bonchev–Trinajstić information content (AvgIpc) is 2.49. The molecule has 1 N–H and O–H groups in total. The van der Waals surface area contributed by atoms with E-state index in [1.54, 1.807) is 49.4 Å². The Morgan fingerprint density at radius 1 is 1.13 bits per heavy atom. The second-order valence-electron chi connectivity index (χ2n) is 4.71. The number of carbonyl (C=O) groups is 1. The molecule has 23 heavy (non-hydrogen) atoms. The Morgan fingerprint density at radius 2 is 1.78 bits per heavy atom. The Balaban J connectivity index is 2.12. The first-order valence-electron chi connectivity index (χ1n) is 6.94. The van der Waals surface area contributed by atoms with E-state index in [-0.39, 0.29) is 17.3 Å². The molecule has 0 aliphatic rings. The number of benzene rings is 2. The largest absolute Gasteiger partial charge is 0.466 e. The number of carbonyl (C=O) groups excluding carboxylic acids is 1. The second kappa shape index (κ2) is 7.61. The minimum absolute atomic E-state index is 0.158. The molecule has 0 aliphatic carbocycles. The van der Waals surface area contributed by atoms with Gasteiger partial charge in [-0.05, 0) is 52.7 Å². The van der Waals surface area contributed by atoms with Gasteiger partial charge in [0.1, 0.15) is 4.90 Å². The van der Waals surface area contributed by atoms with Crippen LogP contribution in [0, 0.1) is 0 Å². The minimum atomic E-state index is -3.68. The maximum atomic E-state index is 12.4. The van der Waals surface area contributed by atoms with Crippen LogP contribution < -0.4 is 4.72 Å². The molecule has 122 valence electrons. The molecule has 0 saturated heterocycles. The summed E-state index contributed by atoms with van der Waals surface area (Å²) in [7, 11) is -3.68. The zero-order valence-corrected chi connectivity index (χ0v) is 14.9. The van der Waals surface area contributed by atoms with Crippen LogP contribution in [0.1, 0.15) is 12.5 Å². The molecule has 2 aromatic rings. The van der Waals surface area contributed by atoms with Gasteiger partial charge in [-0.1, -0.05) is 24.3 Å². The molecule has 0 radical (unpaired) electrons. The molecule has 0 aromatic heterocycles. The smallest absolute Gasteiger partial charge is 0.310 e. The molecular weight excluding hydrogens is 382 g/mol. The van der Waals surface area contributed by atoms with Crippen LogP contribution in [-0.2, 0) is 26.0 Å². The van der Waals surface area contributed by atoms with E-state index in [1.807, 2.05) is 0 Å². The van der Waals surface area contributed by atoms with E-state index in [9.17, 15) is 13.2 Å². The highest BCUT2D eigenvalue weighted by molar-refractivity contribution is 9.10. The fourth-order valence-electron chi connectivity index (χ4n) is 1.94. The molecule has 0 aliphatic heterocycles. The van der Waals surface area contributed by atoms with Crippen molar-refractivity contribution in [1.29, 1.82) is 0 Å². The van der Waals surface area contributed by atoms with Gasteiger partial charge in [0.05, 0.1) is 13.0 Å². The summed E-state index contributed by atoms with van der Waals surface area (Å²) in [6.07, 6.45) is 0.158. The van der Waals surface area contributed by atoms with Crippen molar-refractivity contribution in [2.45, 2.75) is 18.2 Å². The topological polar surface area (TPSA) is 72.5 Å². The van der Waals surface area contributed by atoms with E-state index in [4.69, 9.17) is 4.74 Å². The highest BCUT2D eigenvalue weighted by Crippen LogP contribution is 2.23. The third-order valence-electron chi connectivity index (χ3n) is 2.99. The van der Waals surface area contributed by atoms with Gasteiger partial charge < -0.3 is 4.74 Å². The van der Waals surface area contributed by atoms with Crippen LogP contribution in [0.5, 0.6) is 0 Å². The number of sulfonamides is 1. The van der Waals surface area contributed by atoms with Crippen molar-refractivity contribution in [3.8, 4) is 0 Å². The Bertz CT molecular complexity index is 788. The number of nitrogens with one attached hydrogen (secondary N) is 1. The fourth-order valence-corrected chi connectivity index (χ4v) is 4.01. The number of rotatable bonds is 6. The SMILES string of the molecule is CCOC(=O)Cc1ccc(NS(=O)(=O)c2ccccc2Br)cc1. The molecule has 0 spiro atoms. The van der Waals surface area contributed by atoms with Crippen molar-refractivity contribution in [1.82, 2.24) is 0 Å². The van der Waals surface area contributed by atoms with Gasteiger partial charge in [-0.25, -0.2) is 8.42 Å². The quantitative estimate of drug-likeness (QED) is 0.758. The minimum Gasteiger partial charge on any atom is -0.466 e. The molecular formula is C16H16BrNO4S. The molecule has 2 rings (SSSR count). The first-order valence-corrected chi connectivity index (χ1v) is 9.22. The number of hydrogen-bond donors (Lipinski definition) is 1. The van der Waals surface area contributed by atoms with Crippen molar-refractivity contribution >= 4 is 37.6 Å². The summed E-state index contributed by atoms with van der Waals surface area (Å²) in [6.45, 7) is 2.08. The van der Waals surface area contributed by atoms with E-state index in [1.165, 1.54) is 6.07 Å². The predicted molar refractivity (Wildman–Crippen MR) is 91.7 cm³/mol. The molecule has 0 amide bonds. The van der Waals surface area contributed by atoms with Gasteiger partial charge in [-0.3, -0.25) is 9.52 Å². The fraction of sp³-hybridized carbons (Fsp3) is 0.188. The van der Waals surface area contributed by atoms with E-state index >= 15 is 0 Å². The maximum absolute atomic E-state index is 12.4. The first-order chi connectivity index (χ1) is 10.9. The van der Waals surface area contributed by atoms with Crippen LogP contribution in [0.25, 0.3) is 0 Å². The van der Waals surface area contributed by atoms with Crippen LogP contribution in [0.2, 0.25) is 0 Å². The summed E-state index contributed by atoms with van der Waals surface area (Å²) in [5.41, 5.74) is 1.18. The summed E-state index contributed by atoms with van der Waals surface area (Å²) < 4.78 is 32.6. The van der Waals surface area contributed by atoms with Gasteiger partial charge >= 0.3 is 5.97 Å². The number of ether oxygens (including phenoxy) is 1. The second-order valence-corrected chi connectivity index (χ2v) is 7.22. The third-order valence-corrected chi connectivity index (χ3v) is 5.38. The van der Waals surface area contributed by atoms with Gasteiger partial charge in [-0.15, -0.1) is 0 Å². The molecule has 0 bridgehead atoms. The summed E-state index contributed by atoms with van der Waals surface area (Å²) in [4.78, 5) is 11.6. The van der Waals surface area contributed by atoms with Crippen LogP contribution >= 0.6 is 15.9 Å². The lowest BCUT2D eigenvalue weighted by atomic mass is 10.1. The van der Waals surface area contributed by atoms with Crippen LogP contribution in [0.4, 0.5) is 5.69 Å². The molecule has 5 nitrogen and oxygen atoms in total. The van der Waals surface area contributed by atoms with Gasteiger partial charge in [0, 0.05) is 10.2 Å². The van der Waals surface area contributed by atoms with E-state index in [0.29, 0.717) is 16.8 Å². The molecule has 2 aromatic carbocycles. The first kappa shape index (κ1) is 17.5. The van der Waals surface area contributed by atoms with E-state index in [2.05, 4.69) is 20.7 Å². The number of anilines is 1. The van der Waals surface area contributed by atoms with Crippen LogP contribution in [0.15, 0.2) is 57.9 Å². The summed E-state index contributed by atoms with van der Waals surface area (Å²) in [5, 5.41) is 0. The molecule has 0 saturated carbocycles.